The summed E-state index contributed by atoms with van der Waals surface area (Å²) in [6.45, 7) is 12.5. The Morgan fingerprint density at radius 2 is 1.76 bits per heavy atom. The maximum absolute atomic E-state index is 14.1. The van der Waals surface area contributed by atoms with Gasteiger partial charge in [0.25, 0.3) is 5.91 Å². The Morgan fingerprint density at radius 1 is 1.06 bits per heavy atom. The molecule has 50 heavy (non-hydrogen) atoms. The van der Waals surface area contributed by atoms with Crippen molar-refractivity contribution in [3.05, 3.63) is 77.4 Å². The summed E-state index contributed by atoms with van der Waals surface area (Å²) in [5, 5.41) is 13.9. The zero-order valence-electron chi connectivity index (χ0n) is 29.7. The number of benzene rings is 2. The van der Waals surface area contributed by atoms with Gasteiger partial charge in [0.05, 0.1) is 17.6 Å². The molecule has 6 rings (SSSR count). The summed E-state index contributed by atoms with van der Waals surface area (Å²) < 4.78 is 16.9. The van der Waals surface area contributed by atoms with Crippen LogP contribution in [0, 0.1) is 5.41 Å². The highest BCUT2D eigenvalue weighted by atomic mass is 32.1. The molecule has 2 N–H and O–H groups in total. The number of rotatable bonds is 8. The van der Waals surface area contributed by atoms with Crippen molar-refractivity contribution in [2.24, 2.45) is 5.41 Å². The molecule has 2 amide bonds. The number of carbonyl (C=O) groups excluding carboxylic acids is 3. The van der Waals surface area contributed by atoms with Crippen LogP contribution in [-0.2, 0) is 25.6 Å². The molecular formula is C39H49N3O7S. The fourth-order valence-electron chi connectivity index (χ4n) is 7.52. The second-order valence-corrected chi connectivity index (χ2v) is 16.5. The van der Waals surface area contributed by atoms with Crippen molar-refractivity contribution in [1.29, 1.82) is 0 Å². The molecule has 1 spiro atoms. The zero-order valence-corrected chi connectivity index (χ0v) is 30.5. The second kappa shape index (κ2) is 14.5. The third kappa shape index (κ3) is 8.39. The lowest BCUT2D eigenvalue weighted by atomic mass is 9.74. The summed E-state index contributed by atoms with van der Waals surface area (Å²) in [5.74, 6) is -0.213. The highest BCUT2D eigenvalue weighted by Crippen LogP contribution is 2.47. The first-order valence-corrected chi connectivity index (χ1v) is 18.4. The molecule has 1 aromatic heterocycles. The Balaban J connectivity index is 1.14. The monoisotopic (exact) mass is 703 g/mol. The van der Waals surface area contributed by atoms with Crippen LogP contribution in [0.1, 0.15) is 94.5 Å². The van der Waals surface area contributed by atoms with E-state index >= 15 is 0 Å². The molecule has 3 aliphatic heterocycles. The van der Waals surface area contributed by atoms with Crippen molar-refractivity contribution in [2.75, 3.05) is 31.5 Å². The fraction of sp³-hybridized carbons (Fsp3) is 0.513. The van der Waals surface area contributed by atoms with Crippen LogP contribution in [0.2, 0.25) is 0 Å². The molecule has 4 heterocycles. The van der Waals surface area contributed by atoms with Gasteiger partial charge >= 0.3 is 12.1 Å². The molecule has 10 nitrogen and oxygen atoms in total. The molecular weight excluding hydrogens is 655 g/mol. The summed E-state index contributed by atoms with van der Waals surface area (Å²) in [6, 6.07) is 19.1. The third-order valence-corrected chi connectivity index (χ3v) is 10.8. The minimum Gasteiger partial charge on any atom is -0.459 e. The average molecular weight is 704 g/mol. The minimum atomic E-state index is -1.09. The number of ether oxygens (including phenoxy) is 3. The van der Waals surface area contributed by atoms with Crippen molar-refractivity contribution in [3.8, 4) is 10.4 Å². The van der Waals surface area contributed by atoms with Crippen molar-refractivity contribution in [3.63, 3.8) is 0 Å². The van der Waals surface area contributed by atoms with Gasteiger partial charge in [-0.1, -0.05) is 54.6 Å². The van der Waals surface area contributed by atoms with E-state index in [9.17, 15) is 19.5 Å². The number of carbonyl (C=O) groups is 3. The van der Waals surface area contributed by atoms with Gasteiger partial charge in [-0.3, -0.25) is 19.8 Å². The number of aliphatic hydroxyl groups is 1. The maximum Gasteiger partial charge on any atom is 0.412 e. The van der Waals surface area contributed by atoms with E-state index in [1.807, 2.05) is 67.3 Å². The van der Waals surface area contributed by atoms with Crippen molar-refractivity contribution >= 4 is 34.3 Å². The van der Waals surface area contributed by atoms with Gasteiger partial charge in [0.2, 0.25) is 0 Å². The number of hydrogen-bond acceptors (Lipinski definition) is 9. The molecule has 2 atom stereocenters. The molecule has 0 saturated carbocycles. The summed E-state index contributed by atoms with van der Waals surface area (Å²) in [6.07, 6.45) is 2.47. The van der Waals surface area contributed by atoms with Gasteiger partial charge in [-0.25, -0.2) is 4.79 Å². The van der Waals surface area contributed by atoms with Crippen LogP contribution < -0.4 is 5.32 Å². The Hall–Kier alpha value is -3.77. The number of hydrogen-bond donors (Lipinski definition) is 2. The van der Waals surface area contributed by atoms with E-state index in [4.69, 9.17) is 14.2 Å². The molecule has 3 fully saturated rings. The van der Waals surface area contributed by atoms with Gasteiger partial charge in [-0.15, -0.1) is 11.3 Å². The van der Waals surface area contributed by atoms with Crippen molar-refractivity contribution in [2.45, 2.75) is 96.9 Å². The van der Waals surface area contributed by atoms with Gasteiger partial charge < -0.3 is 24.2 Å². The average Bonchev–Trinajstić information content (AvgIpc) is 3.59. The lowest BCUT2D eigenvalue weighted by Crippen LogP contribution is -2.53. The Morgan fingerprint density at radius 3 is 2.40 bits per heavy atom. The van der Waals surface area contributed by atoms with E-state index in [2.05, 4.69) is 10.2 Å². The summed E-state index contributed by atoms with van der Waals surface area (Å²) in [7, 11) is 0. The van der Waals surface area contributed by atoms with Crippen LogP contribution in [0.5, 0.6) is 0 Å². The zero-order chi connectivity index (χ0) is 35.7. The van der Waals surface area contributed by atoms with E-state index in [-0.39, 0.29) is 24.5 Å². The van der Waals surface area contributed by atoms with E-state index in [1.165, 1.54) is 11.3 Å². The van der Waals surface area contributed by atoms with Crippen LogP contribution in [0.3, 0.4) is 0 Å². The summed E-state index contributed by atoms with van der Waals surface area (Å²) >= 11 is 1.31. The number of anilines is 1. The number of thiophene rings is 1. The van der Waals surface area contributed by atoms with Gasteiger partial charge in [0.1, 0.15) is 16.2 Å². The van der Waals surface area contributed by atoms with Gasteiger partial charge in [-0.2, -0.15) is 0 Å². The van der Waals surface area contributed by atoms with Crippen LogP contribution in [0.4, 0.5) is 9.80 Å². The lowest BCUT2D eigenvalue weighted by molar-refractivity contribution is -0.154. The molecule has 0 bridgehead atoms. The molecule has 0 radical (unpaired) electrons. The fourth-order valence-corrected chi connectivity index (χ4v) is 8.56. The van der Waals surface area contributed by atoms with E-state index < -0.39 is 29.0 Å². The number of nitrogens with one attached hydrogen (secondary N) is 1. The smallest absolute Gasteiger partial charge is 0.412 e. The number of amides is 2. The first-order valence-electron chi connectivity index (χ1n) is 17.5. The predicted octanol–water partition coefficient (Wildman–Crippen LogP) is 7.38. The van der Waals surface area contributed by atoms with Crippen LogP contribution >= 0.6 is 11.3 Å². The van der Waals surface area contributed by atoms with E-state index in [0.29, 0.717) is 35.8 Å². The first kappa shape index (κ1) is 36.0. The number of nitrogens with zero attached hydrogens (tertiary/aromatic N) is 2. The second-order valence-electron chi connectivity index (χ2n) is 15.5. The molecule has 3 saturated heterocycles. The number of aliphatic hydroxyl groups excluding tert-OH is 1. The standard InChI is InChI=1S/C39H49N3O7S/c1-37(2,3)49-36(46)40-32-30(22-31(50-32)27-12-14-28(15-13-27)34(44)47-23-26-10-7-6-8-11-26)33(43)41-20-16-29(17-21-41)42-19-9-18-39(25-42)24-38(4,5)48-35(39)45/h6-8,10-15,22,29,34,44H,9,16-21,23-25H2,1-5H3,(H,40,46). The Bertz CT molecular complexity index is 1680. The quantitative estimate of drug-likeness (QED) is 0.184. The highest BCUT2D eigenvalue weighted by Gasteiger charge is 2.54. The van der Waals surface area contributed by atoms with Crippen LogP contribution in [0.15, 0.2) is 60.7 Å². The number of likely N-dealkylation sites (tertiary alicyclic amines) is 2. The SMILES string of the molecule is CC(C)(C)OC(=O)Nc1sc(-c2ccc(C(O)OCc3ccccc3)cc2)cc1C(=O)N1CCC(N2CCCC3(C2)CC(C)(C)OC3=O)CC1. The largest absolute Gasteiger partial charge is 0.459 e. The Kier molecular flexibility index (Phi) is 10.4. The van der Waals surface area contributed by atoms with Gasteiger partial charge in [0, 0.05) is 42.5 Å². The highest BCUT2D eigenvalue weighted by molar-refractivity contribution is 7.20. The maximum atomic E-state index is 14.1. The topological polar surface area (TPSA) is 118 Å². The number of piperidine rings is 2. The number of esters is 1. The van der Waals surface area contributed by atoms with Crippen molar-refractivity contribution < 1.29 is 33.7 Å². The predicted molar refractivity (Wildman–Crippen MR) is 193 cm³/mol. The summed E-state index contributed by atoms with van der Waals surface area (Å²) in [5.41, 5.74) is 1.27. The first-order chi connectivity index (χ1) is 23.7. The molecule has 3 aliphatic rings. The van der Waals surface area contributed by atoms with Crippen LogP contribution in [0.25, 0.3) is 10.4 Å². The molecule has 268 valence electrons. The van der Waals surface area contributed by atoms with Crippen LogP contribution in [-0.4, -0.2) is 76.3 Å². The third-order valence-electron chi connectivity index (χ3n) is 9.75. The van der Waals surface area contributed by atoms with E-state index in [0.717, 1.165) is 54.7 Å². The minimum absolute atomic E-state index is 0.0692. The Labute approximate surface area is 298 Å². The normalized spacial score (nSPS) is 22.0. The molecule has 3 aromatic rings. The number of cyclic esters (lactones) is 1. The van der Waals surface area contributed by atoms with Gasteiger partial charge in [-0.05, 0) is 84.0 Å². The molecule has 11 heteroatoms. The molecule has 2 aromatic carbocycles. The van der Waals surface area contributed by atoms with Gasteiger partial charge in [0.15, 0.2) is 6.29 Å². The molecule has 2 unspecified atom stereocenters. The van der Waals surface area contributed by atoms with E-state index in [1.54, 1.807) is 32.9 Å². The lowest BCUT2D eigenvalue weighted by Gasteiger charge is -2.44. The van der Waals surface area contributed by atoms with Crippen molar-refractivity contribution in [1.82, 2.24) is 9.80 Å². The molecule has 0 aliphatic carbocycles. The summed E-state index contributed by atoms with van der Waals surface area (Å²) in [4.78, 5) is 45.0.